The Morgan fingerprint density at radius 3 is 2.07 bits per heavy atom. The van der Waals surface area contributed by atoms with Crippen molar-refractivity contribution in [3.63, 3.8) is 0 Å². The third kappa shape index (κ3) is 4.87. The first-order valence-electron chi connectivity index (χ1n) is 18.4. The van der Waals surface area contributed by atoms with Gasteiger partial charge in [0, 0.05) is 34.4 Å². The fraction of sp³-hybridized carbons (Fsp3) is 0.0192. The number of nitrogens with zero attached hydrogens (tertiary/aromatic N) is 2. The van der Waals surface area contributed by atoms with E-state index >= 15 is 0 Å². The molecule has 10 aromatic rings. The summed E-state index contributed by atoms with van der Waals surface area (Å²) in [6.45, 7) is 2.12. The first-order valence-corrected chi connectivity index (χ1v) is 18.4. The Bertz CT molecular complexity index is 3170. The highest BCUT2D eigenvalue weighted by atomic mass is 15.0. The van der Waals surface area contributed by atoms with Crippen LogP contribution in [0.3, 0.4) is 0 Å². The van der Waals surface area contributed by atoms with Gasteiger partial charge in [-0.25, -0.2) is 0 Å². The molecule has 0 atom stereocenters. The highest BCUT2D eigenvalue weighted by Crippen LogP contribution is 2.46. The molecule has 0 aliphatic rings. The van der Waals surface area contributed by atoms with Crippen LogP contribution in [-0.4, -0.2) is 9.55 Å². The molecule has 0 saturated carbocycles. The largest absolute Gasteiger partial charge is 0.309 e. The van der Waals surface area contributed by atoms with E-state index in [1.807, 2.05) is 24.5 Å². The molecular formula is C52H34N2. The zero-order valence-corrected chi connectivity index (χ0v) is 29.8. The van der Waals surface area contributed by atoms with E-state index in [0.29, 0.717) is 0 Å². The van der Waals surface area contributed by atoms with Crippen LogP contribution in [0.4, 0.5) is 0 Å². The molecule has 252 valence electrons. The maximum Gasteiger partial charge on any atom is 0.0571 e. The first kappa shape index (κ1) is 31.5. The van der Waals surface area contributed by atoms with Crippen molar-refractivity contribution in [2.45, 2.75) is 6.92 Å². The summed E-state index contributed by atoms with van der Waals surface area (Å²) in [7, 11) is 0. The van der Waals surface area contributed by atoms with E-state index in [-0.39, 0.29) is 0 Å². The summed E-state index contributed by atoms with van der Waals surface area (Å²) < 4.78 is 2.33. The van der Waals surface area contributed by atoms with Crippen molar-refractivity contribution in [3.8, 4) is 40.3 Å². The molecule has 0 aliphatic heterocycles. The predicted octanol–water partition coefficient (Wildman–Crippen LogP) is 13.4. The minimum Gasteiger partial charge on any atom is -0.309 e. The maximum absolute atomic E-state index is 6.11. The van der Waals surface area contributed by atoms with Gasteiger partial charge >= 0.3 is 0 Å². The summed E-state index contributed by atoms with van der Waals surface area (Å²) >= 11 is 0. The second-order valence-corrected chi connectivity index (χ2v) is 13.8. The van der Waals surface area contributed by atoms with E-state index in [2.05, 4.69) is 180 Å². The van der Waals surface area contributed by atoms with Crippen molar-refractivity contribution in [3.05, 3.63) is 199 Å². The molecule has 0 fully saturated rings. The van der Waals surface area contributed by atoms with Gasteiger partial charge < -0.3 is 4.57 Å². The van der Waals surface area contributed by atoms with Crippen LogP contribution in [0, 0.1) is 12.3 Å². The van der Waals surface area contributed by atoms with Crippen molar-refractivity contribution < 1.29 is 0 Å². The number of terminal acetylenes is 1. The number of allylic oxidation sites excluding steroid dienone is 1. The lowest BCUT2D eigenvalue weighted by atomic mass is 9.81. The number of hydrogen-bond acceptors (Lipinski definition) is 1. The summed E-state index contributed by atoms with van der Waals surface area (Å²) in [6.07, 6.45) is 12.2. The third-order valence-corrected chi connectivity index (χ3v) is 10.9. The molecule has 0 aliphatic carbocycles. The Labute approximate surface area is 314 Å². The Kier molecular flexibility index (Phi) is 7.46. The van der Waals surface area contributed by atoms with E-state index in [1.165, 1.54) is 54.4 Å². The molecule has 0 N–H and O–H groups in total. The number of pyridine rings is 1. The molecule has 2 aromatic heterocycles. The van der Waals surface area contributed by atoms with E-state index in [4.69, 9.17) is 6.42 Å². The van der Waals surface area contributed by atoms with E-state index in [9.17, 15) is 0 Å². The highest BCUT2D eigenvalue weighted by Gasteiger charge is 2.22. The van der Waals surface area contributed by atoms with Gasteiger partial charge in [0.25, 0.3) is 0 Å². The topological polar surface area (TPSA) is 17.8 Å². The molecule has 0 radical (unpaired) electrons. The fourth-order valence-electron chi connectivity index (χ4n) is 8.56. The van der Waals surface area contributed by atoms with Gasteiger partial charge in [0.2, 0.25) is 0 Å². The Morgan fingerprint density at radius 2 is 1.24 bits per heavy atom. The van der Waals surface area contributed by atoms with Crippen molar-refractivity contribution in [1.82, 2.24) is 9.55 Å². The lowest BCUT2D eigenvalue weighted by molar-refractivity contribution is 1.17. The molecule has 2 heterocycles. The van der Waals surface area contributed by atoms with Crippen molar-refractivity contribution in [2.75, 3.05) is 0 Å². The van der Waals surface area contributed by atoms with E-state index < -0.39 is 0 Å². The molecule has 2 heteroatoms. The van der Waals surface area contributed by atoms with Gasteiger partial charge in [-0.1, -0.05) is 133 Å². The predicted molar refractivity (Wildman–Crippen MR) is 229 cm³/mol. The zero-order chi connectivity index (χ0) is 36.2. The summed E-state index contributed by atoms with van der Waals surface area (Å²) in [4.78, 5) is 4.55. The molecule has 0 amide bonds. The Balaban J connectivity index is 1.30. The maximum atomic E-state index is 6.11. The van der Waals surface area contributed by atoms with Crippen LogP contribution in [0.2, 0.25) is 0 Å². The summed E-state index contributed by atoms with van der Waals surface area (Å²) in [5.74, 6) is 2.96. The number of rotatable bonds is 5. The van der Waals surface area contributed by atoms with Gasteiger partial charge in [-0.05, 0) is 121 Å². The quantitative estimate of drug-likeness (QED) is 0.130. The second-order valence-electron chi connectivity index (χ2n) is 13.8. The Morgan fingerprint density at radius 1 is 0.574 bits per heavy atom. The van der Waals surface area contributed by atoms with Gasteiger partial charge in [0.1, 0.15) is 0 Å². The second kappa shape index (κ2) is 12.8. The van der Waals surface area contributed by atoms with Crippen LogP contribution in [0.5, 0.6) is 0 Å². The third-order valence-electron chi connectivity index (χ3n) is 10.9. The van der Waals surface area contributed by atoms with Crippen LogP contribution in [-0.2, 0) is 0 Å². The van der Waals surface area contributed by atoms with E-state index in [1.54, 1.807) is 0 Å². The smallest absolute Gasteiger partial charge is 0.0571 e. The van der Waals surface area contributed by atoms with Crippen LogP contribution in [0.1, 0.15) is 23.6 Å². The fourth-order valence-corrected chi connectivity index (χ4v) is 8.56. The summed E-state index contributed by atoms with van der Waals surface area (Å²) in [5.41, 5.74) is 12.5. The van der Waals surface area contributed by atoms with Crippen LogP contribution in [0.15, 0.2) is 182 Å². The summed E-state index contributed by atoms with van der Waals surface area (Å²) in [5, 5.41) is 9.55. The minimum atomic E-state index is 0.884. The van der Waals surface area contributed by atoms with Crippen molar-refractivity contribution in [1.29, 1.82) is 0 Å². The molecule has 8 aromatic carbocycles. The van der Waals surface area contributed by atoms with Crippen molar-refractivity contribution in [2.24, 2.45) is 0 Å². The Hall–Kier alpha value is -7.21. The normalized spacial score (nSPS) is 11.9. The highest BCUT2D eigenvalue weighted by molar-refractivity contribution is 6.23. The molecule has 0 bridgehead atoms. The van der Waals surface area contributed by atoms with Crippen molar-refractivity contribution >= 4 is 59.7 Å². The molecule has 0 spiro atoms. The van der Waals surface area contributed by atoms with Crippen LogP contribution < -0.4 is 0 Å². The van der Waals surface area contributed by atoms with Crippen LogP contribution in [0.25, 0.3) is 87.6 Å². The average Bonchev–Trinajstić information content (AvgIpc) is 3.57. The monoisotopic (exact) mass is 686 g/mol. The van der Waals surface area contributed by atoms with Crippen LogP contribution >= 0.6 is 0 Å². The SMILES string of the molecule is C#Cc1ccccc1/C(=C\C)c1c2ccccc2c(-c2cccc3ccccc23)c2cc(-c3ccc4c(c3)c3cnccc3n4-c3ccccc3)ccc12. The van der Waals surface area contributed by atoms with Gasteiger partial charge in [-0.15, -0.1) is 6.42 Å². The molecule has 54 heavy (non-hydrogen) atoms. The lowest BCUT2D eigenvalue weighted by Crippen LogP contribution is -1.98. The summed E-state index contributed by atoms with van der Waals surface area (Å²) in [6, 6.07) is 59.0. The average molecular weight is 687 g/mol. The van der Waals surface area contributed by atoms with Gasteiger partial charge in [-0.2, -0.15) is 0 Å². The van der Waals surface area contributed by atoms with Gasteiger partial charge in [-0.3, -0.25) is 4.98 Å². The molecule has 10 rings (SSSR count). The minimum absolute atomic E-state index is 0.884. The number of hydrogen-bond donors (Lipinski definition) is 0. The van der Waals surface area contributed by atoms with Gasteiger partial charge in [0.05, 0.1) is 11.0 Å². The first-order chi connectivity index (χ1) is 26.7. The molecule has 0 saturated heterocycles. The zero-order valence-electron chi connectivity index (χ0n) is 29.8. The standard InChI is InChI=1S/C52H34N2/c1-3-34-15-8-10-20-40(34)39(4-2)51-43-22-12-13-23-44(43)52(42-24-14-17-35-16-9-11-21-41(35)42)47-32-36(25-27-45(47)51)37-26-28-49-46(31-37)48-33-53-30-29-50(48)54(49)38-18-6-5-7-19-38/h1,4-33H,2H3/b39-4+. The number of benzene rings is 8. The number of aromatic nitrogens is 2. The molecule has 0 unspecified atom stereocenters. The molecular weight excluding hydrogens is 653 g/mol. The van der Waals surface area contributed by atoms with E-state index in [0.717, 1.165) is 49.9 Å². The van der Waals surface area contributed by atoms with Gasteiger partial charge in [0.15, 0.2) is 0 Å². The number of fused-ring (bicyclic) bond motifs is 6. The molecule has 2 nitrogen and oxygen atoms in total. The lowest BCUT2D eigenvalue weighted by Gasteiger charge is -2.21. The number of para-hydroxylation sites is 1.